The second kappa shape index (κ2) is 2.81. The first kappa shape index (κ1) is 8.70. The van der Waals surface area contributed by atoms with Crippen molar-refractivity contribution < 1.29 is 5.11 Å². The first-order chi connectivity index (χ1) is 6.61. The Morgan fingerprint density at radius 2 is 2.43 bits per heavy atom. The van der Waals surface area contributed by atoms with Crippen molar-refractivity contribution >= 4 is 11.6 Å². The fourth-order valence-corrected chi connectivity index (χ4v) is 1.31. The van der Waals surface area contributed by atoms with Crippen LogP contribution in [0.5, 0.6) is 0 Å². The summed E-state index contributed by atoms with van der Waals surface area (Å²) in [7, 11) is 0. The molecule has 0 saturated carbocycles. The highest BCUT2D eigenvalue weighted by Gasteiger charge is 2.15. The van der Waals surface area contributed by atoms with Crippen molar-refractivity contribution in [2.24, 2.45) is 0 Å². The van der Waals surface area contributed by atoms with Gasteiger partial charge in [-0.2, -0.15) is 14.6 Å². The number of fused-ring (bicyclic) bond motifs is 1. The number of nitrogens with one attached hydrogen (secondary N) is 1. The van der Waals surface area contributed by atoms with E-state index in [1.54, 1.807) is 0 Å². The van der Waals surface area contributed by atoms with Crippen LogP contribution < -0.4 is 11.3 Å². The number of rotatable bonds is 1. The Bertz CT molecular complexity index is 526. The van der Waals surface area contributed by atoms with Crippen molar-refractivity contribution in [3.8, 4) is 0 Å². The number of H-pyrrole nitrogens is 1. The number of hydrogen-bond acceptors (Lipinski definition) is 5. The zero-order valence-electron chi connectivity index (χ0n) is 7.43. The van der Waals surface area contributed by atoms with Crippen LogP contribution in [0.4, 0.5) is 5.82 Å². The van der Waals surface area contributed by atoms with Gasteiger partial charge < -0.3 is 10.8 Å². The van der Waals surface area contributed by atoms with E-state index in [1.165, 1.54) is 17.8 Å². The standard InChI is InChI=1S/C7H9N5O2/c1-3(13)4-5(8)12-7(9-2-10-12)11-6(4)14/h2-3,13H,8H2,1H3,(H,9,10,11,14). The molecular formula is C7H9N5O2. The Balaban J connectivity index is 2.89. The van der Waals surface area contributed by atoms with Crippen LogP contribution in [-0.4, -0.2) is 24.7 Å². The molecule has 0 saturated heterocycles. The van der Waals surface area contributed by atoms with Crippen molar-refractivity contribution in [2.45, 2.75) is 13.0 Å². The molecule has 0 aliphatic rings. The summed E-state index contributed by atoms with van der Waals surface area (Å²) in [5, 5.41) is 13.1. The van der Waals surface area contributed by atoms with Crippen LogP contribution in [0.3, 0.4) is 0 Å². The van der Waals surface area contributed by atoms with E-state index in [9.17, 15) is 9.90 Å². The second-order valence-electron chi connectivity index (χ2n) is 2.92. The molecule has 0 amide bonds. The molecule has 0 aliphatic carbocycles. The third-order valence-corrected chi connectivity index (χ3v) is 1.94. The van der Waals surface area contributed by atoms with Gasteiger partial charge in [-0.05, 0) is 6.92 Å². The normalized spacial score (nSPS) is 13.3. The van der Waals surface area contributed by atoms with E-state index >= 15 is 0 Å². The molecule has 2 aromatic heterocycles. The third-order valence-electron chi connectivity index (χ3n) is 1.94. The largest absolute Gasteiger partial charge is 0.388 e. The Kier molecular flexibility index (Phi) is 1.74. The topological polar surface area (TPSA) is 109 Å². The maximum absolute atomic E-state index is 11.4. The third kappa shape index (κ3) is 1.06. The van der Waals surface area contributed by atoms with Gasteiger partial charge in [0.15, 0.2) is 0 Å². The molecule has 0 bridgehead atoms. The molecule has 0 aromatic carbocycles. The maximum Gasteiger partial charge on any atom is 0.260 e. The highest BCUT2D eigenvalue weighted by molar-refractivity contribution is 5.46. The molecule has 0 fully saturated rings. The van der Waals surface area contributed by atoms with Crippen LogP contribution in [0.2, 0.25) is 0 Å². The predicted molar refractivity (Wildman–Crippen MR) is 48.7 cm³/mol. The summed E-state index contributed by atoms with van der Waals surface area (Å²) in [5.41, 5.74) is 5.30. The molecule has 7 heteroatoms. The highest BCUT2D eigenvalue weighted by Crippen LogP contribution is 2.14. The Labute approximate surface area is 78.2 Å². The summed E-state index contributed by atoms with van der Waals surface area (Å²) >= 11 is 0. The van der Waals surface area contributed by atoms with E-state index in [-0.39, 0.29) is 17.2 Å². The summed E-state index contributed by atoms with van der Waals surface area (Å²) in [6.07, 6.45) is 0.334. The molecule has 1 unspecified atom stereocenters. The molecule has 14 heavy (non-hydrogen) atoms. The van der Waals surface area contributed by atoms with Gasteiger partial charge in [0.1, 0.15) is 12.1 Å². The van der Waals surface area contributed by atoms with Crippen molar-refractivity contribution in [3.63, 3.8) is 0 Å². The Morgan fingerprint density at radius 1 is 1.71 bits per heavy atom. The fourth-order valence-electron chi connectivity index (χ4n) is 1.31. The molecule has 0 spiro atoms. The average Bonchev–Trinajstić information content (AvgIpc) is 2.50. The lowest BCUT2D eigenvalue weighted by Gasteiger charge is -2.07. The molecule has 0 radical (unpaired) electrons. The lowest BCUT2D eigenvalue weighted by Crippen LogP contribution is -2.21. The quantitative estimate of drug-likeness (QED) is 0.543. The number of aliphatic hydroxyl groups is 1. The molecule has 2 rings (SSSR count). The number of nitrogens with zero attached hydrogens (tertiary/aromatic N) is 3. The van der Waals surface area contributed by atoms with E-state index in [1.807, 2.05) is 0 Å². The summed E-state index contributed by atoms with van der Waals surface area (Å²) in [5.74, 6) is 0.369. The van der Waals surface area contributed by atoms with Gasteiger partial charge in [0, 0.05) is 0 Å². The number of aliphatic hydroxyl groups excluding tert-OH is 1. The van der Waals surface area contributed by atoms with Crippen LogP contribution in [0.15, 0.2) is 11.1 Å². The van der Waals surface area contributed by atoms with Gasteiger partial charge in [0.2, 0.25) is 5.78 Å². The second-order valence-corrected chi connectivity index (χ2v) is 2.92. The zero-order chi connectivity index (χ0) is 10.3. The van der Waals surface area contributed by atoms with Crippen LogP contribution in [0, 0.1) is 0 Å². The van der Waals surface area contributed by atoms with Crippen molar-refractivity contribution in [1.82, 2.24) is 19.6 Å². The van der Waals surface area contributed by atoms with Crippen LogP contribution in [-0.2, 0) is 0 Å². The van der Waals surface area contributed by atoms with Gasteiger partial charge >= 0.3 is 0 Å². The van der Waals surface area contributed by atoms with E-state index in [0.29, 0.717) is 0 Å². The van der Waals surface area contributed by atoms with Gasteiger partial charge in [-0.25, -0.2) is 0 Å². The van der Waals surface area contributed by atoms with E-state index in [4.69, 9.17) is 5.73 Å². The minimum absolute atomic E-state index is 0.100. The first-order valence-electron chi connectivity index (χ1n) is 4.00. The number of aromatic nitrogens is 4. The van der Waals surface area contributed by atoms with Gasteiger partial charge in [-0.1, -0.05) is 0 Å². The van der Waals surface area contributed by atoms with Crippen LogP contribution >= 0.6 is 0 Å². The molecule has 0 aliphatic heterocycles. The number of nitrogens with two attached hydrogens (primary N) is 1. The van der Waals surface area contributed by atoms with Crippen molar-refractivity contribution in [1.29, 1.82) is 0 Å². The monoisotopic (exact) mass is 195 g/mol. The smallest absolute Gasteiger partial charge is 0.260 e. The van der Waals surface area contributed by atoms with Crippen LogP contribution in [0.25, 0.3) is 5.78 Å². The van der Waals surface area contributed by atoms with Crippen molar-refractivity contribution in [3.05, 3.63) is 22.2 Å². The van der Waals surface area contributed by atoms with E-state index in [2.05, 4.69) is 15.1 Å². The Hall–Kier alpha value is -1.89. The Morgan fingerprint density at radius 3 is 3.07 bits per heavy atom. The molecule has 74 valence electrons. The van der Waals surface area contributed by atoms with Crippen molar-refractivity contribution in [2.75, 3.05) is 5.73 Å². The van der Waals surface area contributed by atoms with Gasteiger partial charge in [0.05, 0.1) is 11.7 Å². The van der Waals surface area contributed by atoms with Crippen LogP contribution in [0.1, 0.15) is 18.6 Å². The van der Waals surface area contributed by atoms with Gasteiger partial charge in [-0.3, -0.25) is 9.78 Å². The molecular weight excluding hydrogens is 186 g/mol. The first-order valence-corrected chi connectivity index (χ1v) is 4.00. The molecule has 2 aromatic rings. The maximum atomic E-state index is 11.4. The number of anilines is 1. The molecule has 2 heterocycles. The van der Waals surface area contributed by atoms with E-state index < -0.39 is 11.7 Å². The number of hydrogen-bond donors (Lipinski definition) is 3. The summed E-state index contributed by atoms with van der Waals surface area (Å²) in [6.45, 7) is 1.46. The summed E-state index contributed by atoms with van der Waals surface area (Å²) in [4.78, 5) is 17.6. The van der Waals surface area contributed by atoms with Gasteiger partial charge in [-0.15, -0.1) is 0 Å². The average molecular weight is 195 g/mol. The fraction of sp³-hybridized carbons (Fsp3) is 0.286. The molecule has 4 N–H and O–H groups in total. The predicted octanol–water partition coefficient (Wildman–Crippen LogP) is -0.947. The molecule has 1 atom stereocenters. The highest BCUT2D eigenvalue weighted by atomic mass is 16.3. The molecule has 7 nitrogen and oxygen atoms in total. The SMILES string of the molecule is CC(O)c1c(N)n2ncnc2[nH]c1=O. The summed E-state index contributed by atoms with van der Waals surface area (Å²) in [6, 6.07) is 0. The minimum atomic E-state index is -0.938. The number of nitrogen functional groups attached to an aromatic ring is 1. The zero-order valence-corrected chi connectivity index (χ0v) is 7.43. The van der Waals surface area contributed by atoms with E-state index in [0.717, 1.165) is 0 Å². The summed E-state index contributed by atoms with van der Waals surface area (Å²) < 4.78 is 1.27. The lowest BCUT2D eigenvalue weighted by atomic mass is 10.2. The minimum Gasteiger partial charge on any atom is -0.388 e. The number of aromatic amines is 1. The van der Waals surface area contributed by atoms with Gasteiger partial charge in [0.25, 0.3) is 5.56 Å². The lowest BCUT2D eigenvalue weighted by molar-refractivity contribution is 0.198.